The molecule has 0 spiro atoms. The van der Waals surface area contributed by atoms with Gasteiger partial charge in [0.15, 0.2) is 0 Å². The lowest BCUT2D eigenvalue weighted by molar-refractivity contribution is 0.533. The molecule has 2 saturated heterocycles. The smallest absolute Gasteiger partial charge is 0.225 e. The summed E-state index contributed by atoms with van der Waals surface area (Å²) in [5.74, 6) is 4.03. The van der Waals surface area contributed by atoms with E-state index in [1.54, 1.807) is 6.33 Å². The fourth-order valence-electron chi connectivity index (χ4n) is 4.07. The topological polar surface area (TPSA) is 58.0 Å². The molecule has 2 atom stereocenters. The zero-order valence-corrected chi connectivity index (χ0v) is 14.0. The van der Waals surface area contributed by atoms with E-state index < -0.39 is 0 Å². The molecule has 24 heavy (non-hydrogen) atoms. The summed E-state index contributed by atoms with van der Waals surface area (Å²) >= 11 is 0. The van der Waals surface area contributed by atoms with E-state index in [0.717, 1.165) is 43.6 Å². The Morgan fingerprint density at radius 1 is 0.958 bits per heavy atom. The largest absolute Gasteiger partial charge is 0.356 e. The van der Waals surface area contributed by atoms with Crippen LogP contribution in [0.5, 0.6) is 0 Å². The van der Waals surface area contributed by atoms with Gasteiger partial charge in [-0.05, 0) is 25.8 Å². The molecule has 124 valence electrons. The van der Waals surface area contributed by atoms with Gasteiger partial charge in [-0.1, -0.05) is 0 Å². The molecule has 1 saturated carbocycles. The molecule has 2 unspecified atom stereocenters. The highest BCUT2D eigenvalue weighted by atomic mass is 15.3. The molecule has 5 rings (SSSR count). The quantitative estimate of drug-likeness (QED) is 0.862. The van der Waals surface area contributed by atoms with Crippen molar-refractivity contribution in [2.75, 3.05) is 36.0 Å². The lowest BCUT2D eigenvalue weighted by Crippen LogP contribution is -2.30. The predicted molar refractivity (Wildman–Crippen MR) is 92.2 cm³/mol. The Labute approximate surface area is 142 Å². The average molecular weight is 322 g/mol. The van der Waals surface area contributed by atoms with Gasteiger partial charge < -0.3 is 9.80 Å². The molecule has 3 fully saturated rings. The molecule has 6 nitrogen and oxygen atoms in total. The molecule has 0 bridgehead atoms. The van der Waals surface area contributed by atoms with Crippen LogP contribution >= 0.6 is 0 Å². The van der Waals surface area contributed by atoms with Crippen molar-refractivity contribution in [3.8, 4) is 0 Å². The summed E-state index contributed by atoms with van der Waals surface area (Å²) < 4.78 is 0. The van der Waals surface area contributed by atoms with Gasteiger partial charge in [-0.25, -0.2) is 19.9 Å². The van der Waals surface area contributed by atoms with Crippen LogP contribution in [0.3, 0.4) is 0 Å². The second-order valence-corrected chi connectivity index (χ2v) is 7.40. The Bertz CT molecular complexity index is 745. The summed E-state index contributed by atoms with van der Waals surface area (Å²) in [5.41, 5.74) is 2.26. The molecule has 6 heteroatoms. The average Bonchev–Trinajstić information content (AvgIpc) is 3.25. The summed E-state index contributed by atoms with van der Waals surface area (Å²) in [5, 5.41) is 0. The van der Waals surface area contributed by atoms with Gasteiger partial charge in [0.2, 0.25) is 5.95 Å². The zero-order valence-electron chi connectivity index (χ0n) is 14.0. The Kier molecular flexibility index (Phi) is 3.18. The van der Waals surface area contributed by atoms with Crippen molar-refractivity contribution < 1.29 is 0 Å². The summed E-state index contributed by atoms with van der Waals surface area (Å²) in [4.78, 5) is 22.8. The highest BCUT2D eigenvalue weighted by Gasteiger charge is 2.41. The number of hydrogen-bond acceptors (Lipinski definition) is 6. The molecule has 0 aromatic carbocycles. The van der Waals surface area contributed by atoms with Crippen molar-refractivity contribution in [3.05, 3.63) is 36.0 Å². The lowest BCUT2D eigenvalue weighted by atomic mass is 10.0. The van der Waals surface area contributed by atoms with Crippen LogP contribution in [0, 0.1) is 18.8 Å². The first-order chi connectivity index (χ1) is 11.8. The minimum absolute atomic E-state index is 0.674. The number of nitrogens with zero attached hydrogens (tertiary/aromatic N) is 6. The molecule has 2 aromatic heterocycles. The molecule has 3 aliphatic rings. The second-order valence-electron chi connectivity index (χ2n) is 7.40. The van der Waals surface area contributed by atoms with Crippen LogP contribution in [0.1, 0.15) is 30.1 Å². The summed E-state index contributed by atoms with van der Waals surface area (Å²) in [6.07, 6.45) is 6.17. The molecule has 1 aliphatic carbocycles. The third-order valence-electron chi connectivity index (χ3n) is 5.54. The van der Waals surface area contributed by atoms with Crippen LogP contribution in [0.4, 0.5) is 11.8 Å². The number of fused-ring (bicyclic) bond motifs is 1. The van der Waals surface area contributed by atoms with Crippen LogP contribution in [-0.4, -0.2) is 46.1 Å². The van der Waals surface area contributed by atoms with Gasteiger partial charge in [0.1, 0.15) is 12.1 Å². The highest BCUT2D eigenvalue weighted by Crippen LogP contribution is 2.40. The fourth-order valence-corrected chi connectivity index (χ4v) is 4.07. The lowest BCUT2D eigenvalue weighted by Gasteiger charge is -2.22. The van der Waals surface area contributed by atoms with E-state index in [9.17, 15) is 0 Å². The van der Waals surface area contributed by atoms with Crippen LogP contribution in [0.25, 0.3) is 0 Å². The second kappa shape index (κ2) is 5.40. The predicted octanol–water partition coefficient (Wildman–Crippen LogP) is 2.03. The molecule has 0 amide bonds. The summed E-state index contributed by atoms with van der Waals surface area (Å²) in [6, 6.07) is 4.16. The molecular weight excluding hydrogens is 300 g/mol. The van der Waals surface area contributed by atoms with Gasteiger partial charge in [0, 0.05) is 67.6 Å². The SMILES string of the molecule is Cc1ccnc(N2CC3CN(c4cc(C5CC5)ncn4)CC3C2)n1. The monoisotopic (exact) mass is 322 g/mol. The number of hydrogen-bond donors (Lipinski definition) is 0. The molecule has 4 heterocycles. The van der Waals surface area contributed by atoms with E-state index in [0.29, 0.717) is 17.8 Å². The van der Waals surface area contributed by atoms with Crippen molar-refractivity contribution >= 4 is 11.8 Å². The Morgan fingerprint density at radius 3 is 2.42 bits per heavy atom. The molecule has 0 radical (unpaired) electrons. The third-order valence-corrected chi connectivity index (χ3v) is 5.54. The van der Waals surface area contributed by atoms with Crippen LogP contribution < -0.4 is 9.80 Å². The fraction of sp³-hybridized carbons (Fsp3) is 0.556. The molecular formula is C18H22N6. The normalized spacial score (nSPS) is 26.0. The first-order valence-electron chi connectivity index (χ1n) is 8.88. The Morgan fingerprint density at radius 2 is 1.71 bits per heavy atom. The van der Waals surface area contributed by atoms with Crippen molar-refractivity contribution in [2.45, 2.75) is 25.7 Å². The van der Waals surface area contributed by atoms with Gasteiger partial charge in [-0.15, -0.1) is 0 Å². The summed E-state index contributed by atoms with van der Waals surface area (Å²) in [6.45, 7) is 6.27. The van der Waals surface area contributed by atoms with Gasteiger partial charge in [0.25, 0.3) is 0 Å². The molecule has 2 aliphatic heterocycles. The number of rotatable bonds is 3. The summed E-state index contributed by atoms with van der Waals surface area (Å²) in [7, 11) is 0. The highest BCUT2D eigenvalue weighted by molar-refractivity contribution is 5.44. The molecule has 2 aromatic rings. The van der Waals surface area contributed by atoms with Gasteiger partial charge in [-0.3, -0.25) is 0 Å². The van der Waals surface area contributed by atoms with Crippen LogP contribution in [0.2, 0.25) is 0 Å². The third kappa shape index (κ3) is 2.50. The van der Waals surface area contributed by atoms with E-state index in [-0.39, 0.29) is 0 Å². The van der Waals surface area contributed by atoms with Gasteiger partial charge in [-0.2, -0.15) is 0 Å². The van der Waals surface area contributed by atoms with E-state index in [2.05, 4.69) is 35.8 Å². The number of aryl methyl sites for hydroxylation is 1. The van der Waals surface area contributed by atoms with Crippen molar-refractivity contribution in [3.63, 3.8) is 0 Å². The first-order valence-corrected chi connectivity index (χ1v) is 8.88. The van der Waals surface area contributed by atoms with Crippen LogP contribution in [0.15, 0.2) is 24.7 Å². The maximum absolute atomic E-state index is 4.58. The first kappa shape index (κ1) is 14.1. The minimum Gasteiger partial charge on any atom is -0.356 e. The minimum atomic E-state index is 0.674. The number of aromatic nitrogens is 4. The maximum Gasteiger partial charge on any atom is 0.225 e. The maximum atomic E-state index is 4.58. The number of anilines is 2. The molecule has 0 N–H and O–H groups in total. The van der Waals surface area contributed by atoms with E-state index in [1.807, 2.05) is 19.2 Å². The van der Waals surface area contributed by atoms with E-state index in [1.165, 1.54) is 18.5 Å². The van der Waals surface area contributed by atoms with Gasteiger partial charge >= 0.3 is 0 Å². The standard InChI is InChI=1S/C18H22N6/c1-12-4-5-19-18(22-12)24-9-14-7-23(8-15(14)10-24)17-6-16(13-2-3-13)20-11-21-17/h4-6,11,13-15H,2-3,7-10H2,1H3. The van der Waals surface area contributed by atoms with E-state index in [4.69, 9.17) is 0 Å². The Balaban J connectivity index is 1.29. The van der Waals surface area contributed by atoms with Gasteiger partial charge in [0.05, 0.1) is 0 Å². The Hall–Kier alpha value is -2.24. The van der Waals surface area contributed by atoms with Crippen LogP contribution in [-0.2, 0) is 0 Å². The van der Waals surface area contributed by atoms with Crippen molar-refractivity contribution in [1.29, 1.82) is 0 Å². The van der Waals surface area contributed by atoms with E-state index >= 15 is 0 Å². The van der Waals surface area contributed by atoms with Crippen molar-refractivity contribution in [2.24, 2.45) is 11.8 Å². The van der Waals surface area contributed by atoms with Crippen molar-refractivity contribution in [1.82, 2.24) is 19.9 Å². The zero-order chi connectivity index (χ0) is 16.1.